The van der Waals surface area contributed by atoms with Crippen LogP contribution in [0.3, 0.4) is 0 Å². The van der Waals surface area contributed by atoms with Crippen molar-refractivity contribution in [2.24, 2.45) is 0 Å². The van der Waals surface area contributed by atoms with E-state index in [1.165, 1.54) is 11.3 Å². The molecule has 1 aliphatic heterocycles. The second-order valence-electron chi connectivity index (χ2n) is 5.20. The maximum absolute atomic E-state index is 12.4. The van der Waals surface area contributed by atoms with Crippen molar-refractivity contribution in [1.29, 1.82) is 0 Å². The van der Waals surface area contributed by atoms with Crippen LogP contribution in [0.25, 0.3) is 0 Å². The van der Waals surface area contributed by atoms with Crippen molar-refractivity contribution in [1.82, 2.24) is 4.90 Å². The predicted octanol–water partition coefficient (Wildman–Crippen LogP) is 3.09. The van der Waals surface area contributed by atoms with Crippen molar-refractivity contribution in [3.8, 4) is 0 Å². The van der Waals surface area contributed by atoms with Crippen molar-refractivity contribution in [2.75, 3.05) is 13.1 Å². The highest BCUT2D eigenvalue weighted by molar-refractivity contribution is 7.13. The molecule has 0 radical (unpaired) electrons. The molecule has 1 N–H and O–H groups in total. The summed E-state index contributed by atoms with van der Waals surface area (Å²) in [6, 6.07) is 0. The lowest BCUT2D eigenvalue weighted by atomic mass is 9.98. The summed E-state index contributed by atoms with van der Waals surface area (Å²) in [5.74, 6) is -0.00389. The van der Waals surface area contributed by atoms with Gasteiger partial charge in [0.05, 0.1) is 10.6 Å². The predicted molar refractivity (Wildman–Crippen MR) is 74.4 cm³/mol. The van der Waals surface area contributed by atoms with Crippen LogP contribution in [-0.2, 0) is 0 Å². The summed E-state index contributed by atoms with van der Waals surface area (Å²) in [7, 11) is 0. The van der Waals surface area contributed by atoms with E-state index in [9.17, 15) is 9.90 Å². The summed E-state index contributed by atoms with van der Waals surface area (Å²) >= 11 is 7.53. The standard InChI is InChI=1S/C13H18ClNO2S/c1-9-8-18-11(10(9)14)12(16)15-6-3-4-13(2,17)5-7-15/h8,17H,3-7H2,1-2H3. The van der Waals surface area contributed by atoms with Crippen molar-refractivity contribution in [2.45, 2.75) is 38.7 Å². The SMILES string of the molecule is Cc1csc(C(=O)N2CCCC(C)(O)CC2)c1Cl. The van der Waals surface area contributed by atoms with E-state index in [-0.39, 0.29) is 5.91 Å². The molecule has 5 heteroatoms. The van der Waals surface area contributed by atoms with Gasteiger partial charge in [0.2, 0.25) is 0 Å². The average molecular weight is 288 g/mol. The van der Waals surface area contributed by atoms with Gasteiger partial charge in [-0.1, -0.05) is 11.6 Å². The molecule has 1 unspecified atom stereocenters. The molecule has 1 saturated heterocycles. The highest BCUT2D eigenvalue weighted by Gasteiger charge is 2.28. The summed E-state index contributed by atoms with van der Waals surface area (Å²) in [5.41, 5.74) is 0.302. The number of carbonyl (C=O) groups excluding carboxylic acids is 1. The van der Waals surface area contributed by atoms with Crippen LogP contribution < -0.4 is 0 Å². The third kappa shape index (κ3) is 2.87. The number of thiophene rings is 1. The molecule has 1 fully saturated rings. The number of hydrogen-bond donors (Lipinski definition) is 1. The van der Waals surface area contributed by atoms with E-state index in [4.69, 9.17) is 11.6 Å². The molecule has 1 aromatic heterocycles. The Hall–Kier alpha value is -0.580. The fourth-order valence-electron chi connectivity index (χ4n) is 2.18. The Balaban J connectivity index is 2.12. The number of carbonyl (C=O) groups is 1. The molecule has 100 valence electrons. The maximum atomic E-state index is 12.4. The molecule has 18 heavy (non-hydrogen) atoms. The number of aryl methyl sites for hydroxylation is 1. The monoisotopic (exact) mass is 287 g/mol. The lowest BCUT2D eigenvalue weighted by Gasteiger charge is -2.22. The van der Waals surface area contributed by atoms with Gasteiger partial charge in [0.25, 0.3) is 5.91 Å². The third-order valence-corrected chi connectivity index (χ3v) is 5.13. The molecule has 1 atom stereocenters. The van der Waals surface area contributed by atoms with Gasteiger partial charge < -0.3 is 10.0 Å². The van der Waals surface area contributed by atoms with Gasteiger partial charge in [-0.3, -0.25) is 4.79 Å². The number of aliphatic hydroxyl groups is 1. The van der Waals surface area contributed by atoms with E-state index in [0.29, 0.717) is 29.4 Å². The van der Waals surface area contributed by atoms with Gasteiger partial charge >= 0.3 is 0 Å². The Bertz CT molecular complexity index is 456. The molecule has 1 aliphatic rings. The lowest BCUT2D eigenvalue weighted by molar-refractivity contribution is 0.0438. The molecular weight excluding hydrogens is 270 g/mol. The van der Waals surface area contributed by atoms with Crippen LogP contribution in [0, 0.1) is 6.92 Å². The van der Waals surface area contributed by atoms with Crippen LogP contribution in [0.4, 0.5) is 0 Å². The summed E-state index contributed by atoms with van der Waals surface area (Å²) in [6.07, 6.45) is 2.20. The third-order valence-electron chi connectivity index (χ3n) is 3.44. The Labute approximate surface area is 116 Å². The van der Waals surface area contributed by atoms with Gasteiger partial charge in [-0.05, 0) is 44.1 Å². The summed E-state index contributed by atoms with van der Waals surface area (Å²) < 4.78 is 0. The average Bonchev–Trinajstić information content (AvgIpc) is 2.53. The number of amides is 1. The smallest absolute Gasteiger partial charge is 0.265 e. The van der Waals surface area contributed by atoms with Gasteiger partial charge in [0.1, 0.15) is 4.88 Å². The first-order valence-electron chi connectivity index (χ1n) is 6.16. The van der Waals surface area contributed by atoms with Crippen LogP contribution in [0.2, 0.25) is 5.02 Å². The van der Waals surface area contributed by atoms with E-state index in [1.54, 1.807) is 4.90 Å². The molecule has 1 aromatic rings. The highest BCUT2D eigenvalue weighted by Crippen LogP contribution is 2.30. The fourth-order valence-corrected chi connectivity index (χ4v) is 3.42. The second kappa shape index (κ2) is 5.19. The number of rotatable bonds is 1. The number of nitrogens with zero attached hydrogens (tertiary/aromatic N) is 1. The van der Waals surface area contributed by atoms with Crippen molar-refractivity contribution < 1.29 is 9.90 Å². The summed E-state index contributed by atoms with van der Waals surface area (Å²) in [5, 5.41) is 12.5. The van der Waals surface area contributed by atoms with Crippen LogP contribution >= 0.6 is 22.9 Å². The maximum Gasteiger partial charge on any atom is 0.265 e. The van der Waals surface area contributed by atoms with Gasteiger partial charge in [0, 0.05) is 13.1 Å². The van der Waals surface area contributed by atoms with Crippen LogP contribution in [0.15, 0.2) is 5.38 Å². The molecule has 0 aromatic carbocycles. The zero-order valence-corrected chi connectivity index (χ0v) is 12.3. The minimum Gasteiger partial charge on any atom is -0.390 e. The zero-order chi connectivity index (χ0) is 13.3. The second-order valence-corrected chi connectivity index (χ2v) is 6.46. The molecule has 0 aliphatic carbocycles. The highest BCUT2D eigenvalue weighted by atomic mass is 35.5. The van der Waals surface area contributed by atoms with Gasteiger partial charge in [-0.25, -0.2) is 0 Å². The first-order valence-corrected chi connectivity index (χ1v) is 7.42. The molecule has 0 saturated carbocycles. The summed E-state index contributed by atoms with van der Waals surface area (Å²) in [6.45, 7) is 5.04. The Kier molecular flexibility index (Phi) is 3.99. The van der Waals surface area contributed by atoms with Crippen LogP contribution in [0.1, 0.15) is 41.4 Å². The largest absolute Gasteiger partial charge is 0.390 e. The quantitative estimate of drug-likeness (QED) is 0.862. The molecule has 0 spiro atoms. The lowest BCUT2D eigenvalue weighted by Crippen LogP contribution is -2.33. The van der Waals surface area contributed by atoms with Crippen LogP contribution in [-0.4, -0.2) is 34.6 Å². The Morgan fingerprint density at radius 3 is 2.83 bits per heavy atom. The number of likely N-dealkylation sites (tertiary alicyclic amines) is 1. The van der Waals surface area contributed by atoms with E-state index in [2.05, 4.69) is 0 Å². The van der Waals surface area contributed by atoms with E-state index in [0.717, 1.165) is 18.4 Å². The Morgan fingerprint density at radius 1 is 1.50 bits per heavy atom. The van der Waals surface area contributed by atoms with Crippen molar-refractivity contribution >= 4 is 28.8 Å². The molecule has 3 nitrogen and oxygen atoms in total. The number of halogens is 1. The topological polar surface area (TPSA) is 40.5 Å². The van der Waals surface area contributed by atoms with Gasteiger partial charge in [-0.15, -0.1) is 11.3 Å². The first kappa shape index (κ1) is 13.8. The van der Waals surface area contributed by atoms with Crippen molar-refractivity contribution in [3.05, 3.63) is 20.8 Å². The van der Waals surface area contributed by atoms with Gasteiger partial charge in [-0.2, -0.15) is 0 Å². The molecule has 2 rings (SSSR count). The minimum atomic E-state index is -0.649. The Morgan fingerprint density at radius 2 is 2.22 bits per heavy atom. The first-order chi connectivity index (χ1) is 8.41. The number of hydrogen-bond acceptors (Lipinski definition) is 3. The fraction of sp³-hybridized carbons (Fsp3) is 0.615. The van der Waals surface area contributed by atoms with Crippen LogP contribution in [0.5, 0.6) is 0 Å². The molecule has 0 bridgehead atoms. The zero-order valence-electron chi connectivity index (χ0n) is 10.7. The minimum absolute atomic E-state index is 0.00389. The van der Waals surface area contributed by atoms with Crippen molar-refractivity contribution in [3.63, 3.8) is 0 Å². The van der Waals surface area contributed by atoms with E-state index >= 15 is 0 Å². The normalized spacial score (nSPS) is 25.0. The summed E-state index contributed by atoms with van der Waals surface area (Å²) in [4.78, 5) is 14.8. The van der Waals surface area contributed by atoms with E-state index in [1.807, 2.05) is 19.2 Å². The van der Waals surface area contributed by atoms with E-state index < -0.39 is 5.60 Å². The van der Waals surface area contributed by atoms with Gasteiger partial charge in [0.15, 0.2) is 0 Å². The molecule has 2 heterocycles. The molecule has 1 amide bonds. The molecular formula is C13H18ClNO2S.